The molecule has 0 radical (unpaired) electrons. The minimum Gasteiger partial charge on any atom is -0.493 e. The van der Waals surface area contributed by atoms with Gasteiger partial charge in [-0.05, 0) is 48.9 Å². The van der Waals surface area contributed by atoms with E-state index in [1.165, 1.54) is 18.4 Å². The molecule has 0 aliphatic heterocycles. The van der Waals surface area contributed by atoms with Gasteiger partial charge >= 0.3 is 0 Å². The molecule has 1 atom stereocenters. The molecule has 19 heavy (non-hydrogen) atoms. The smallest absolute Gasteiger partial charge is 0.161 e. The third-order valence-electron chi connectivity index (χ3n) is 3.76. The summed E-state index contributed by atoms with van der Waals surface area (Å²) in [5.41, 5.74) is 1.20. The van der Waals surface area contributed by atoms with Crippen LogP contribution in [-0.4, -0.2) is 20.8 Å². The van der Waals surface area contributed by atoms with Gasteiger partial charge in [0.25, 0.3) is 0 Å². The lowest BCUT2D eigenvalue weighted by atomic mass is 10.1. The van der Waals surface area contributed by atoms with Gasteiger partial charge in [0.2, 0.25) is 0 Å². The fourth-order valence-electron chi connectivity index (χ4n) is 2.30. The molecule has 0 spiro atoms. The Morgan fingerprint density at radius 3 is 2.47 bits per heavy atom. The quantitative estimate of drug-likeness (QED) is 0.830. The van der Waals surface area contributed by atoms with E-state index >= 15 is 0 Å². The van der Waals surface area contributed by atoms with E-state index in [0.29, 0.717) is 0 Å². The SMILES string of the molecule is COc1cc(Br)c(CNCC(C)C2CC2)cc1OC. The first-order valence-electron chi connectivity index (χ1n) is 6.76. The van der Waals surface area contributed by atoms with Crippen molar-refractivity contribution in [3.05, 3.63) is 22.2 Å². The molecule has 1 aliphatic rings. The van der Waals surface area contributed by atoms with Crippen LogP contribution in [0.2, 0.25) is 0 Å². The van der Waals surface area contributed by atoms with Crippen molar-refractivity contribution >= 4 is 15.9 Å². The van der Waals surface area contributed by atoms with E-state index in [1.54, 1.807) is 14.2 Å². The Morgan fingerprint density at radius 2 is 1.89 bits per heavy atom. The first kappa shape index (κ1) is 14.7. The van der Waals surface area contributed by atoms with Crippen LogP contribution in [0, 0.1) is 11.8 Å². The van der Waals surface area contributed by atoms with Crippen molar-refractivity contribution in [2.75, 3.05) is 20.8 Å². The lowest BCUT2D eigenvalue weighted by molar-refractivity contribution is 0.354. The van der Waals surface area contributed by atoms with Crippen molar-refractivity contribution < 1.29 is 9.47 Å². The molecule has 1 aromatic carbocycles. The molecule has 0 heterocycles. The summed E-state index contributed by atoms with van der Waals surface area (Å²) in [4.78, 5) is 0. The van der Waals surface area contributed by atoms with Gasteiger partial charge in [-0.15, -0.1) is 0 Å². The zero-order valence-electron chi connectivity index (χ0n) is 11.8. The number of benzene rings is 1. The highest BCUT2D eigenvalue weighted by Crippen LogP contribution is 2.36. The van der Waals surface area contributed by atoms with Crippen LogP contribution in [0.25, 0.3) is 0 Å². The fraction of sp³-hybridized carbons (Fsp3) is 0.600. The van der Waals surface area contributed by atoms with E-state index in [4.69, 9.17) is 9.47 Å². The summed E-state index contributed by atoms with van der Waals surface area (Å²) in [7, 11) is 3.32. The summed E-state index contributed by atoms with van der Waals surface area (Å²) in [6.07, 6.45) is 2.81. The highest BCUT2D eigenvalue weighted by Gasteiger charge is 2.27. The monoisotopic (exact) mass is 327 g/mol. The predicted octanol–water partition coefficient (Wildman–Crippen LogP) is 3.60. The fourth-order valence-corrected chi connectivity index (χ4v) is 2.76. The minimum atomic E-state index is 0.754. The van der Waals surface area contributed by atoms with Crippen molar-refractivity contribution in [2.45, 2.75) is 26.3 Å². The maximum Gasteiger partial charge on any atom is 0.161 e. The highest BCUT2D eigenvalue weighted by molar-refractivity contribution is 9.10. The molecule has 106 valence electrons. The van der Waals surface area contributed by atoms with Gasteiger partial charge in [-0.25, -0.2) is 0 Å². The molecule has 2 rings (SSSR count). The van der Waals surface area contributed by atoms with Crippen LogP contribution >= 0.6 is 15.9 Å². The van der Waals surface area contributed by atoms with Gasteiger partial charge in [0.1, 0.15) is 0 Å². The third-order valence-corrected chi connectivity index (χ3v) is 4.50. The molecule has 4 heteroatoms. The third kappa shape index (κ3) is 3.86. The van der Waals surface area contributed by atoms with Crippen molar-refractivity contribution in [1.82, 2.24) is 5.32 Å². The number of hydrogen-bond acceptors (Lipinski definition) is 3. The molecule has 0 saturated heterocycles. The normalized spacial score (nSPS) is 16.2. The molecule has 1 aromatic rings. The van der Waals surface area contributed by atoms with E-state index in [-0.39, 0.29) is 0 Å². The van der Waals surface area contributed by atoms with Crippen molar-refractivity contribution in [3.63, 3.8) is 0 Å². The van der Waals surface area contributed by atoms with Crippen LogP contribution in [0.5, 0.6) is 11.5 Å². The van der Waals surface area contributed by atoms with Crippen LogP contribution in [0.4, 0.5) is 0 Å². The van der Waals surface area contributed by atoms with E-state index < -0.39 is 0 Å². The Morgan fingerprint density at radius 1 is 1.26 bits per heavy atom. The van der Waals surface area contributed by atoms with Crippen LogP contribution in [0.1, 0.15) is 25.3 Å². The van der Waals surface area contributed by atoms with Crippen molar-refractivity contribution in [1.29, 1.82) is 0 Å². The molecule has 3 nitrogen and oxygen atoms in total. The number of halogens is 1. The molecule has 0 amide bonds. The van der Waals surface area contributed by atoms with Crippen molar-refractivity contribution in [3.8, 4) is 11.5 Å². The van der Waals surface area contributed by atoms with Gasteiger partial charge < -0.3 is 14.8 Å². The topological polar surface area (TPSA) is 30.5 Å². The van der Waals surface area contributed by atoms with Crippen LogP contribution in [0.3, 0.4) is 0 Å². The minimum absolute atomic E-state index is 0.754. The molecule has 1 aliphatic carbocycles. The standard InChI is InChI=1S/C15H22BrNO2/c1-10(11-4-5-11)8-17-9-12-6-14(18-2)15(19-3)7-13(12)16/h6-7,10-11,17H,4-5,8-9H2,1-3H3. The van der Waals surface area contributed by atoms with Gasteiger partial charge in [-0.3, -0.25) is 0 Å². The number of nitrogens with one attached hydrogen (secondary N) is 1. The number of ether oxygens (including phenoxy) is 2. The first-order chi connectivity index (χ1) is 9.15. The van der Waals surface area contributed by atoms with Gasteiger partial charge in [0, 0.05) is 11.0 Å². The zero-order valence-corrected chi connectivity index (χ0v) is 13.4. The van der Waals surface area contributed by atoms with Gasteiger partial charge in [0.05, 0.1) is 14.2 Å². The molecule has 1 saturated carbocycles. The molecular formula is C15H22BrNO2. The van der Waals surface area contributed by atoms with Crippen molar-refractivity contribution in [2.24, 2.45) is 11.8 Å². The predicted molar refractivity (Wildman–Crippen MR) is 80.8 cm³/mol. The Bertz CT molecular complexity index is 432. The summed E-state index contributed by atoms with van der Waals surface area (Å²) in [5, 5.41) is 3.53. The summed E-state index contributed by atoms with van der Waals surface area (Å²) in [6.45, 7) is 4.25. The number of hydrogen-bond donors (Lipinski definition) is 1. The first-order valence-corrected chi connectivity index (χ1v) is 7.56. The summed E-state index contributed by atoms with van der Waals surface area (Å²) in [5.74, 6) is 3.25. The summed E-state index contributed by atoms with van der Waals surface area (Å²) in [6, 6.07) is 3.98. The Labute approximate surface area is 123 Å². The molecule has 0 aromatic heterocycles. The maximum absolute atomic E-state index is 5.33. The van der Waals surface area contributed by atoms with Gasteiger partial charge in [-0.1, -0.05) is 22.9 Å². The maximum atomic E-state index is 5.33. The Hall–Kier alpha value is -0.740. The van der Waals surface area contributed by atoms with Gasteiger partial charge in [-0.2, -0.15) is 0 Å². The van der Waals surface area contributed by atoms with E-state index in [9.17, 15) is 0 Å². The number of methoxy groups -OCH3 is 2. The lowest BCUT2D eigenvalue weighted by Gasteiger charge is -2.14. The molecule has 1 unspecified atom stereocenters. The Kier molecular flexibility index (Phi) is 5.11. The van der Waals surface area contributed by atoms with Gasteiger partial charge in [0.15, 0.2) is 11.5 Å². The second-order valence-corrected chi connectivity index (χ2v) is 6.10. The second kappa shape index (κ2) is 6.62. The Balaban J connectivity index is 1.95. The molecular weight excluding hydrogens is 306 g/mol. The average molecular weight is 328 g/mol. The second-order valence-electron chi connectivity index (χ2n) is 5.24. The van der Waals surface area contributed by atoms with Crippen LogP contribution in [-0.2, 0) is 6.54 Å². The lowest BCUT2D eigenvalue weighted by Crippen LogP contribution is -2.22. The summed E-state index contributed by atoms with van der Waals surface area (Å²) >= 11 is 3.58. The summed E-state index contributed by atoms with van der Waals surface area (Å²) < 4.78 is 11.7. The van der Waals surface area contributed by atoms with Crippen LogP contribution < -0.4 is 14.8 Å². The molecule has 1 fully saturated rings. The zero-order chi connectivity index (χ0) is 13.8. The average Bonchev–Trinajstić information content (AvgIpc) is 3.24. The van der Waals surface area contributed by atoms with E-state index in [2.05, 4.69) is 28.2 Å². The van der Waals surface area contributed by atoms with E-state index in [1.807, 2.05) is 12.1 Å². The highest BCUT2D eigenvalue weighted by atomic mass is 79.9. The molecule has 0 bridgehead atoms. The largest absolute Gasteiger partial charge is 0.493 e. The van der Waals surface area contributed by atoms with Crippen LogP contribution in [0.15, 0.2) is 16.6 Å². The molecule has 1 N–H and O–H groups in total. The number of rotatable bonds is 7. The van der Waals surface area contributed by atoms with E-state index in [0.717, 1.165) is 40.9 Å².